The van der Waals surface area contributed by atoms with Gasteiger partial charge in [-0.1, -0.05) is 36.4 Å². The van der Waals surface area contributed by atoms with Crippen molar-refractivity contribution < 1.29 is 9.53 Å². The Kier molecular flexibility index (Phi) is 3.27. The fourth-order valence-corrected chi connectivity index (χ4v) is 2.73. The van der Waals surface area contributed by atoms with E-state index in [-0.39, 0.29) is 0 Å². The molecule has 0 fully saturated rings. The molecule has 0 spiro atoms. The predicted molar refractivity (Wildman–Crippen MR) is 88.9 cm³/mol. The average Bonchev–Trinajstić information content (AvgIpc) is 3.02. The first-order valence-corrected chi connectivity index (χ1v) is 7.37. The maximum atomic E-state index is 11.5. The zero-order chi connectivity index (χ0) is 15.6. The van der Waals surface area contributed by atoms with Gasteiger partial charge in [0.05, 0.1) is 11.3 Å². The SMILES string of the molecule is O=Cc1c(OCc2cn3ccccc3n2)ccc2ccccc12. The van der Waals surface area contributed by atoms with E-state index in [9.17, 15) is 4.79 Å². The van der Waals surface area contributed by atoms with E-state index in [1.54, 1.807) is 0 Å². The first kappa shape index (κ1) is 13.5. The molecule has 112 valence electrons. The Bertz CT molecular complexity index is 972. The van der Waals surface area contributed by atoms with E-state index in [2.05, 4.69) is 4.98 Å². The highest BCUT2D eigenvalue weighted by Crippen LogP contribution is 2.27. The van der Waals surface area contributed by atoms with E-state index in [1.165, 1.54) is 0 Å². The average molecular weight is 302 g/mol. The lowest BCUT2D eigenvalue weighted by Crippen LogP contribution is -1.99. The van der Waals surface area contributed by atoms with Gasteiger partial charge in [-0.15, -0.1) is 0 Å². The van der Waals surface area contributed by atoms with Gasteiger partial charge in [-0.3, -0.25) is 4.79 Å². The van der Waals surface area contributed by atoms with Crippen molar-refractivity contribution in [2.24, 2.45) is 0 Å². The molecule has 4 heteroatoms. The Hall–Kier alpha value is -3.14. The summed E-state index contributed by atoms with van der Waals surface area (Å²) in [7, 11) is 0. The van der Waals surface area contributed by atoms with Crippen LogP contribution in [0.15, 0.2) is 67.0 Å². The number of aromatic nitrogens is 2. The molecule has 0 saturated heterocycles. The third-order valence-electron chi connectivity index (χ3n) is 3.84. The standard InChI is InChI=1S/C19H14N2O2/c22-12-17-16-6-2-1-5-14(16)8-9-18(17)23-13-15-11-21-10-4-3-7-19(21)20-15/h1-12H,13H2. The van der Waals surface area contributed by atoms with Crippen molar-refractivity contribution in [2.45, 2.75) is 6.61 Å². The van der Waals surface area contributed by atoms with Crippen LogP contribution in [0.25, 0.3) is 16.4 Å². The quantitative estimate of drug-likeness (QED) is 0.537. The fraction of sp³-hybridized carbons (Fsp3) is 0.0526. The first-order valence-electron chi connectivity index (χ1n) is 7.37. The molecule has 23 heavy (non-hydrogen) atoms. The molecule has 0 aliphatic rings. The lowest BCUT2D eigenvalue weighted by Gasteiger charge is -2.09. The van der Waals surface area contributed by atoms with Crippen molar-refractivity contribution in [3.05, 3.63) is 78.2 Å². The number of nitrogens with zero attached hydrogens (tertiary/aromatic N) is 2. The highest BCUT2D eigenvalue weighted by molar-refractivity contribution is 6.00. The number of fused-ring (bicyclic) bond motifs is 2. The van der Waals surface area contributed by atoms with Crippen LogP contribution in [-0.2, 0) is 6.61 Å². The molecule has 0 saturated carbocycles. The third kappa shape index (κ3) is 2.44. The van der Waals surface area contributed by atoms with E-state index >= 15 is 0 Å². The van der Waals surface area contributed by atoms with Gasteiger partial charge < -0.3 is 9.14 Å². The summed E-state index contributed by atoms with van der Waals surface area (Å²) in [6.07, 6.45) is 4.72. The normalized spacial score (nSPS) is 11.0. The topological polar surface area (TPSA) is 43.6 Å². The Labute approximate surface area is 133 Å². The second-order valence-corrected chi connectivity index (χ2v) is 5.30. The van der Waals surface area contributed by atoms with Crippen LogP contribution in [0.1, 0.15) is 16.1 Å². The number of imidazole rings is 1. The van der Waals surface area contributed by atoms with Crippen molar-refractivity contribution in [2.75, 3.05) is 0 Å². The van der Waals surface area contributed by atoms with Gasteiger partial charge in [-0.2, -0.15) is 0 Å². The first-order chi connectivity index (χ1) is 11.3. The number of rotatable bonds is 4. The Morgan fingerprint density at radius 3 is 2.78 bits per heavy atom. The summed E-state index contributed by atoms with van der Waals surface area (Å²) in [6.45, 7) is 0.320. The molecule has 4 rings (SSSR count). The maximum Gasteiger partial charge on any atom is 0.154 e. The van der Waals surface area contributed by atoms with Crippen molar-refractivity contribution in [1.29, 1.82) is 0 Å². The maximum absolute atomic E-state index is 11.5. The molecule has 0 bridgehead atoms. The molecular weight excluding hydrogens is 288 g/mol. The second-order valence-electron chi connectivity index (χ2n) is 5.30. The summed E-state index contributed by atoms with van der Waals surface area (Å²) >= 11 is 0. The minimum absolute atomic E-state index is 0.320. The molecular formula is C19H14N2O2. The van der Waals surface area contributed by atoms with Gasteiger partial charge in [0.1, 0.15) is 18.0 Å². The number of carbonyl (C=O) groups excluding carboxylic acids is 1. The van der Waals surface area contributed by atoms with E-state index in [0.717, 1.165) is 28.4 Å². The molecule has 2 heterocycles. The van der Waals surface area contributed by atoms with Crippen molar-refractivity contribution in [1.82, 2.24) is 9.38 Å². The summed E-state index contributed by atoms with van der Waals surface area (Å²) in [6, 6.07) is 17.4. The molecule has 2 aromatic heterocycles. The molecule has 4 aromatic rings. The highest BCUT2D eigenvalue weighted by Gasteiger charge is 2.09. The molecule has 4 nitrogen and oxygen atoms in total. The molecule has 0 N–H and O–H groups in total. The summed E-state index contributed by atoms with van der Waals surface area (Å²) in [5.41, 5.74) is 2.27. The van der Waals surface area contributed by atoms with Gasteiger partial charge in [0, 0.05) is 12.4 Å². The highest BCUT2D eigenvalue weighted by atomic mass is 16.5. The second kappa shape index (κ2) is 5.57. The zero-order valence-corrected chi connectivity index (χ0v) is 12.3. The van der Waals surface area contributed by atoms with Crippen LogP contribution in [-0.4, -0.2) is 15.7 Å². The number of carbonyl (C=O) groups is 1. The predicted octanol–water partition coefficient (Wildman–Crippen LogP) is 3.88. The fourth-order valence-electron chi connectivity index (χ4n) is 2.73. The number of benzene rings is 2. The van der Waals surface area contributed by atoms with Crippen molar-refractivity contribution in [3.63, 3.8) is 0 Å². The molecule has 0 atom stereocenters. The van der Waals surface area contributed by atoms with E-state index < -0.39 is 0 Å². The molecule has 0 aliphatic heterocycles. The summed E-state index contributed by atoms with van der Waals surface area (Å²) in [4.78, 5) is 16.0. The van der Waals surface area contributed by atoms with Crippen LogP contribution in [0, 0.1) is 0 Å². The minimum atomic E-state index is 0.320. The van der Waals surface area contributed by atoms with Crippen LogP contribution in [0.5, 0.6) is 5.75 Å². The summed E-state index contributed by atoms with van der Waals surface area (Å²) < 4.78 is 7.79. The lowest BCUT2D eigenvalue weighted by atomic mass is 10.0. The Morgan fingerprint density at radius 1 is 1.04 bits per heavy atom. The minimum Gasteiger partial charge on any atom is -0.486 e. The van der Waals surface area contributed by atoms with Gasteiger partial charge in [-0.25, -0.2) is 4.98 Å². The third-order valence-corrected chi connectivity index (χ3v) is 3.84. The van der Waals surface area contributed by atoms with Crippen LogP contribution < -0.4 is 4.74 Å². The number of aldehydes is 1. The van der Waals surface area contributed by atoms with E-state index in [4.69, 9.17) is 4.74 Å². The van der Waals surface area contributed by atoms with Gasteiger partial charge in [0.15, 0.2) is 6.29 Å². The molecule has 0 aliphatic carbocycles. The smallest absolute Gasteiger partial charge is 0.154 e. The number of pyridine rings is 1. The molecule has 0 unspecified atom stereocenters. The summed E-state index contributed by atoms with van der Waals surface area (Å²) in [5, 5.41) is 1.92. The zero-order valence-electron chi connectivity index (χ0n) is 12.3. The van der Waals surface area contributed by atoms with Crippen LogP contribution >= 0.6 is 0 Å². The largest absolute Gasteiger partial charge is 0.486 e. The molecule has 0 amide bonds. The number of hydrogen-bond acceptors (Lipinski definition) is 3. The molecule has 0 radical (unpaired) electrons. The van der Waals surface area contributed by atoms with Crippen LogP contribution in [0.2, 0.25) is 0 Å². The van der Waals surface area contributed by atoms with Gasteiger partial charge >= 0.3 is 0 Å². The summed E-state index contributed by atoms with van der Waals surface area (Å²) in [5.74, 6) is 0.579. The number of ether oxygens (including phenoxy) is 1. The van der Waals surface area contributed by atoms with Gasteiger partial charge in [0.2, 0.25) is 0 Å². The Balaban J connectivity index is 1.66. The van der Waals surface area contributed by atoms with Crippen molar-refractivity contribution >= 4 is 22.7 Å². The van der Waals surface area contributed by atoms with Gasteiger partial charge in [0.25, 0.3) is 0 Å². The van der Waals surface area contributed by atoms with E-state index in [1.807, 2.05) is 71.4 Å². The van der Waals surface area contributed by atoms with Crippen LogP contribution in [0.3, 0.4) is 0 Å². The van der Waals surface area contributed by atoms with Crippen LogP contribution in [0.4, 0.5) is 0 Å². The number of hydrogen-bond donors (Lipinski definition) is 0. The Morgan fingerprint density at radius 2 is 1.91 bits per heavy atom. The molecule has 2 aromatic carbocycles. The monoisotopic (exact) mass is 302 g/mol. The van der Waals surface area contributed by atoms with Crippen molar-refractivity contribution in [3.8, 4) is 5.75 Å². The van der Waals surface area contributed by atoms with Gasteiger partial charge in [-0.05, 0) is 29.0 Å². The van der Waals surface area contributed by atoms with E-state index in [0.29, 0.717) is 17.9 Å². The lowest BCUT2D eigenvalue weighted by molar-refractivity contribution is 0.112.